The summed E-state index contributed by atoms with van der Waals surface area (Å²) in [7, 11) is -2.14. The van der Waals surface area contributed by atoms with Gasteiger partial charge in [-0.05, 0) is 48.4 Å². The maximum absolute atomic E-state index is 13.3. The minimum absolute atomic E-state index is 0.131. The van der Waals surface area contributed by atoms with Gasteiger partial charge in [-0.2, -0.15) is 4.31 Å². The van der Waals surface area contributed by atoms with Crippen LogP contribution in [0.5, 0.6) is 0 Å². The molecule has 0 aliphatic carbocycles. The van der Waals surface area contributed by atoms with Crippen LogP contribution in [-0.4, -0.2) is 46.1 Å². The average Bonchev–Trinajstić information content (AvgIpc) is 2.62. The molecule has 0 spiro atoms. The number of hydrogen-bond donors (Lipinski definition) is 0. The van der Waals surface area contributed by atoms with Gasteiger partial charge >= 0.3 is 0 Å². The molecule has 0 bridgehead atoms. The van der Waals surface area contributed by atoms with E-state index in [0.717, 1.165) is 37.6 Å². The summed E-state index contributed by atoms with van der Waals surface area (Å²) < 4.78 is 45.4. The predicted molar refractivity (Wildman–Crippen MR) is 99.3 cm³/mol. The first-order chi connectivity index (χ1) is 12.4. The normalized spacial score (nSPS) is 15.5. The van der Waals surface area contributed by atoms with Crippen molar-refractivity contribution in [1.29, 1.82) is 0 Å². The zero-order chi connectivity index (χ0) is 18.7. The average molecular weight is 378 g/mol. The van der Waals surface area contributed by atoms with Gasteiger partial charge in [0, 0.05) is 32.4 Å². The summed E-state index contributed by atoms with van der Waals surface area (Å²) in [5.41, 5.74) is 2.41. The van der Waals surface area contributed by atoms with Gasteiger partial charge in [-0.3, -0.25) is 0 Å². The SMILES string of the molecule is Cc1cc(F)ccc1S(=O)(=O)N(C)Cc1ccc(N2CCOCC2)cc1. The molecule has 1 aliphatic rings. The minimum Gasteiger partial charge on any atom is -0.378 e. The highest BCUT2D eigenvalue weighted by atomic mass is 32.2. The van der Waals surface area contributed by atoms with Crippen LogP contribution in [0.4, 0.5) is 10.1 Å². The van der Waals surface area contributed by atoms with Crippen LogP contribution >= 0.6 is 0 Å². The third kappa shape index (κ3) is 4.06. The Balaban J connectivity index is 1.73. The molecule has 3 rings (SSSR count). The number of benzene rings is 2. The number of halogens is 1. The number of hydrogen-bond acceptors (Lipinski definition) is 4. The summed E-state index contributed by atoms with van der Waals surface area (Å²) in [6, 6.07) is 11.6. The molecule has 5 nitrogen and oxygen atoms in total. The summed E-state index contributed by atoms with van der Waals surface area (Å²) in [5.74, 6) is -0.442. The highest BCUT2D eigenvalue weighted by molar-refractivity contribution is 7.89. The highest BCUT2D eigenvalue weighted by Gasteiger charge is 2.23. The fraction of sp³-hybridized carbons (Fsp3) is 0.368. The van der Waals surface area contributed by atoms with Crippen molar-refractivity contribution in [3.8, 4) is 0 Å². The Labute approximate surface area is 154 Å². The minimum atomic E-state index is -3.68. The fourth-order valence-electron chi connectivity index (χ4n) is 3.05. The summed E-state index contributed by atoms with van der Waals surface area (Å²) in [6.45, 7) is 5.01. The second-order valence-electron chi connectivity index (χ2n) is 6.44. The largest absolute Gasteiger partial charge is 0.378 e. The van der Waals surface area contributed by atoms with Gasteiger partial charge < -0.3 is 9.64 Å². The molecule has 7 heteroatoms. The van der Waals surface area contributed by atoms with Crippen LogP contribution in [0.3, 0.4) is 0 Å². The number of sulfonamides is 1. The van der Waals surface area contributed by atoms with E-state index in [1.165, 1.54) is 29.6 Å². The Morgan fingerprint density at radius 1 is 1.12 bits per heavy atom. The van der Waals surface area contributed by atoms with Crippen LogP contribution in [0.15, 0.2) is 47.4 Å². The molecule has 0 aromatic heterocycles. The lowest BCUT2D eigenvalue weighted by atomic mass is 10.2. The van der Waals surface area contributed by atoms with Crippen LogP contribution in [0, 0.1) is 12.7 Å². The Morgan fingerprint density at radius 2 is 1.77 bits per heavy atom. The first kappa shape index (κ1) is 18.8. The van der Waals surface area contributed by atoms with Gasteiger partial charge in [0.15, 0.2) is 0 Å². The molecule has 0 radical (unpaired) electrons. The number of anilines is 1. The Kier molecular flexibility index (Phi) is 5.60. The van der Waals surface area contributed by atoms with Gasteiger partial charge in [0.2, 0.25) is 10.0 Å². The van der Waals surface area contributed by atoms with E-state index in [1.54, 1.807) is 6.92 Å². The molecule has 1 fully saturated rings. The number of morpholine rings is 1. The zero-order valence-corrected chi connectivity index (χ0v) is 15.8. The molecule has 1 saturated heterocycles. The molecular formula is C19H23FN2O3S. The standard InChI is InChI=1S/C19H23FN2O3S/c1-15-13-17(20)5-8-19(15)26(23,24)21(2)14-16-3-6-18(7-4-16)22-9-11-25-12-10-22/h3-8,13H,9-12,14H2,1-2H3. The van der Waals surface area contributed by atoms with Gasteiger partial charge in [-0.15, -0.1) is 0 Å². The molecule has 2 aromatic carbocycles. The summed E-state index contributed by atoms with van der Waals surface area (Å²) in [5, 5.41) is 0. The Morgan fingerprint density at radius 3 is 2.38 bits per heavy atom. The van der Waals surface area contributed by atoms with Crippen LogP contribution in [0.2, 0.25) is 0 Å². The molecule has 0 N–H and O–H groups in total. The van der Waals surface area contributed by atoms with Crippen LogP contribution in [-0.2, 0) is 21.3 Å². The van der Waals surface area contributed by atoms with Crippen molar-refractivity contribution in [2.45, 2.75) is 18.4 Å². The maximum atomic E-state index is 13.3. The van der Waals surface area contributed by atoms with Crippen molar-refractivity contribution in [3.63, 3.8) is 0 Å². The van der Waals surface area contributed by atoms with Gasteiger partial charge in [0.25, 0.3) is 0 Å². The summed E-state index contributed by atoms with van der Waals surface area (Å²) in [6.07, 6.45) is 0. The quantitative estimate of drug-likeness (QED) is 0.803. The summed E-state index contributed by atoms with van der Waals surface area (Å²) >= 11 is 0. The summed E-state index contributed by atoms with van der Waals surface area (Å²) in [4.78, 5) is 2.38. The molecule has 1 aliphatic heterocycles. The first-order valence-corrected chi connectivity index (χ1v) is 9.96. The molecule has 26 heavy (non-hydrogen) atoms. The van der Waals surface area contributed by atoms with Crippen molar-refractivity contribution in [2.24, 2.45) is 0 Å². The molecular weight excluding hydrogens is 355 g/mol. The maximum Gasteiger partial charge on any atom is 0.243 e. The van der Waals surface area contributed by atoms with Crippen molar-refractivity contribution in [1.82, 2.24) is 4.31 Å². The molecule has 0 amide bonds. The van der Waals surface area contributed by atoms with E-state index in [0.29, 0.717) is 5.56 Å². The Hall–Kier alpha value is -1.96. The third-order valence-corrected chi connectivity index (χ3v) is 6.51. The van der Waals surface area contributed by atoms with Gasteiger partial charge in [-0.1, -0.05) is 12.1 Å². The molecule has 140 valence electrons. The van der Waals surface area contributed by atoms with E-state index in [4.69, 9.17) is 4.74 Å². The van der Waals surface area contributed by atoms with Crippen molar-refractivity contribution in [3.05, 3.63) is 59.4 Å². The topological polar surface area (TPSA) is 49.9 Å². The van der Waals surface area contributed by atoms with E-state index in [-0.39, 0.29) is 11.4 Å². The second kappa shape index (κ2) is 7.73. The zero-order valence-electron chi connectivity index (χ0n) is 15.0. The van der Waals surface area contributed by atoms with Gasteiger partial charge in [-0.25, -0.2) is 12.8 Å². The molecule has 0 atom stereocenters. The monoisotopic (exact) mass is 378 g/mol. The van der Waals surface area contributed by atoms with Crippen LogP contribution in [0.1, 0.15) is 11.1 Å². The Bertz CT molecular complexity index is 863. The number of ether oxygens (including phenoxy) is 1. The smallest absolute Gasteiger partial charge is 0.243 e. The van der Waals surface area contributed by atoms with Crippen molar-refractivity contribution in [2.75, 3.05) is 38.3 Å². The molecule has 0 unspecified atom stereocenters. The predicted octanol–water partition coefficient (Wildman–Crippen LogP) is 2.79. The van der Waals surface area contributed by atoms with Gasteiger partial charge in [0.1, 0.15) is 5.82 Å². The van der Waals surface area contributed by atoms with Crippen LogP contribution in [0.25, 0.3) is 0 Å². The van der Waals surface area contributed by atoms with E-state index in [1.807, 2.05) is 24.3 Å². The van der Waals surface area contributed by atoms with Crippen molar-refractivity contribution < 1.29 is 17.5 Å². The molecule has 2 aromatic rings. The molecule has 0 saturated carbocycles. The van der Waals surface area contributed by atoms with Crippen molar-refractivity contribution >= 4 is 15.7 Å². The van der Waals surface area contributed by atoms with E-state index >= 15 is 0 Å². The molecule has 1 heterocycles. The number of aryl methyl sites for hydroxylation is 1. The fourth-order valence-corrected chi connectivity index (χ4v) is 4.41. The lowest BCUT2D eigenvalue weighted by Crippen LogP contribution is -2.36. The highest BCUT2D eigenvalue weighted by Crippen LogP contribution is 2.22. The lowest BCUT2D eigenvalue weighted by molar-refractivity contribution is 0.122. The van der Waals surface area contributed by atoms with Crippen LogP contribution < -0.4 is 4.90 Å². The first-order valence-electron chi connectivity index (χ1n) is 8.52. The lowest BCUT2D eigenvalue weighted by Gasteiger charge is -2.29. The number of nitrogens with zero attached hydrogens (tertiary/aromatic N) is 2. The van der Waals surface area contributed by atoms with Gasteiger partial charge in [0.05, 0.1) is 18.1 Å². The van der Waals surface area contributed by atoms with E-state index in [2.05, 4.69) is 4.90 Å². The second-order valence-corrected chi connectivity index (χ2v) is 8.45. The number of rotatable bonds is 5. The van der Waals surface area contributed by atoms with E-state index in [9.17, 15) is 12.8 Å². The van der Waals surface area contributed by atoms with E-state index < -0.39 is 15.8 Å². The third-order valence-electron chi connectivity index (χ3n) is 4.54.